The van der Waals surface area contributed by atoms with Gasteiger partial charge in [-0.3, -0.25) is 0 Å². The first-order valence-electron chi connectivity index (χ1n) is 7.67. The number of para-hydroxylation sites is 1. The van der Waals surface area contributed by atoms with E-state index in [1.807, 2.05) is 19.1 Å². The second kappa shape index (κ2) is 7.62. The van der Waals surface area contributed by atoms with Crippen LogP contribution < -0.4 is 10.6 Å². The lowest BCUT2D eigenvalue weighted by Gasteiger charge is -2.12. The van der Waals surface area contributed by atoms with E-state index < -0.39 is 0 Å². The fourth-order valence-electron chi connectivity index (χ4n) is 2.22. The predicted octanol–water partition coefficient (Wildman–Crippen LogP) is 4.30. The number of anilines is 3. The van der Waals surface area contributed by atoms with Gasteiger partial charge in [-0.1, -0.05) is 38.5 Å². The normalized spacial score (nSPS) is 10.4. The molecule has 0 aliphatic carbocycles. The summed E-state index contributed by atoms with van der Waals surface area (Å²) in [5.74, 6) is 1.52. The van der Waals surface area contributed by atoms with Gasteiger partial charge < -0.3 is 10.6 Å². The summed E-state index contributed by atoms with van der Waals surface area (Å²) in [6.07, 6.45) is 3.25. The molecule has 1 heterocycles. The van der Waals surface area contributed by atoms with Crippen molar-refractivity contribution in [2.75, 3.05) is 17.2 Å². The summed E-state index contributed by atoms with van der Waals surface area (Å²) in [6.45, 7) is 7.19. The molecule has 0 radical (unpaired) electrons. The Morgan fingerprint density at radius 1 is 1.05 bits per heavy atom. The van der Waals surface area contributed by atoms with Crippen LogP contribution in [-0.4, -0.2) is 16.5 Å². The topological polar surface area (TPSA) is 49.8 Å². The number of aryl methyl sites for hydroxylation is 2. The molecule has 2 aromatic rings. The summed E-state index contributed by atoms with van der Waals surface area (Å²) in [5.41, 5.74) is 3.40. The fourth-order valence-corrected chi connectivity index (χ4v) is 2.22. The van der Waals surface area contributed by atoms with E-state index in [9.17, 15) is 0 Å². The number of hydrogen-bond donors (Lipinski definition) is 2. The van der Waals surface area contributed by atoms with E-state index in [1.54, 1.807) is 0 Å². The maximum absolute atomic E-state index is 4.53. The third-order valence-corrected chi connectivity index (χ3v) is 3.19. The average molecular weight is 284 g/mol. The number of nitrogens with one attached hydrogen (secondary N) is 2. The van der Waals surface area contributed by atoms with E-state index in [2.05, 4.69) is 52.6 Å². The van der Waals surface area contributed by atoms with Gasteiger partial charge in [-0.25, -0.2) is 4.98 Å². The summed E-state index contributed by atoms with van der Waals surface area (Å²) >= 11 is 0. The van der Waals surface area contributed by atoms with Crippen LogP contribution in [0.15, 0.2) is 30.3 Å². The van der Waals surface area contributed by atoms with E-state index in [-0.39, 0.29) is 0 Å². The Morgan fingerprint density at radius 2 is 1.86 bits per heavy atom. The first-order chi connectivity index (χ1) is 10.2. The maximum atomic E-state index is 4.53. The Kier molecular flexibility index (Phi) is 5.55. The van der Waals surface area contributed by atoms with Crippen molar-refractivity contribution in [1.82, 2.24) is 9.97 Å². The van der Waals surface area contributed by atoms with Gasteiger partial charge in [-0.2, -0.15) is 4.98 Å². The van der Waals surface area contributed by atoms with Crippen molar-refractivity contribution < 1.29 is 0 Å². The number of hydrogen-bond acceptors (Lipinski definition) is 4. The van der Waals surface area contributed by atoms with Crippen LogP contribution in [0.25, 0.3) is 0 Å². The van der Waals surface area contributed by atoms with Gasteiger partial charge in [0.15, 0.2) is 0 Å². The van der Waals surface area contributed by atoms with Crippen LogP contribution in [0, 0.1) is 6.92 Å². The summed E-state index contributed by atoms with van der Waals surface area (Å²) in [6, 6.07) is 10.4. The molecule has 4 nitrogen and oxygen atoms in total. The summed E-state index contributed by atoms with van der Waals surface area (Å²) in [5, 5.41) is 6.66. The van der Waals surface area contributed by atoms with E-state index in [0.29, 0.717) is 5.95 Å². The molecular weight excluding hydrogens is 260 g/mol. The minimum atomic E-state index is 0.687. The molecule has 0 unspecified atom stereocenters. The number of nitrogens with zero attached hydrogens (tertiary/aromatic N) is 2. The highest BCUT2D eigenvalue weighted by Crippen LogP contribution is 2.22. The monoisotopic (exact) mass is 284 g/mol. The molecule has 0 amide bonds. The predicted molar refractivity (Wildman–Crippen MR) is 89.3 cm³/mol. The Labute approximate surface area is 127 Å². The van der Waals surface area contributed by atoms with Gasteiger partial charge in [-0.15, -0.1) is 0 Å². The lowest BCUT2D eigenvalue weighted by Crippen LogP contribution is -2.07. The molecule has 0 fully saturated rings. The third kappa shape index (κ3) is 4.45. The van der Waals surface area contributed by atoms with Crippen LogP contribution in [0.2, 0.25) is 0 Å². The molecule has 112 valence electrons. The van der Waals surface area contributed by atoms with Crippen molar-refractivity contribution in [1.29, 1.82) is 0 Å². The van der Waals surface area contributed by atoms with Gasteiger partial charge in [0.25, 0.3) is 0 Å². The van der Waals surface area contributed by atoms with Crippen LogP contribution >= 0.6 is 0 Å². The van der Waals surface area contributed by atoms with Gasteiger partial charge in [0, 0.05) is 24.0 Å². The molecule has 0 atom stereocenters. The molecular formula is C17H24N4. The molecule has 0 spiro atoms. The minimum absolute atomic E-state index is 0.687. The molecule has 4 heteroatoms. The molecule has 2 N–H and O–H groups in total. The first kappa shape index (κ1) is 15.3. The zero-order valence-corrected chi connectivity index (χ0v) is 13.1. The Balaban J connectivity index is 2.21. The molecule has 0 saturated heterocycles. The molecule has 1 aromatic carbocycles. The van der Waals surface area contributed by atoms with E-state index >= 15 is 0 Å². The van der Waals surface area contributed by atoms with E-state index in [1.165, 1.54) is 5.56 Å². The Bertz CT molecular complexity index is 581. The van der Waals surface area contributed by atoms with Crippen molar-refractivity contribution in [3.8, 4) is 0 Å². The Hall–Kier alpha value is -2.10. The quantitative estimate of drug-likeness (QED) is 0.795. The number of rotatable bonds is 7. The van der Waals surface area contributed by atoms with Gasteiger partial charge in [0.1, 0.15) is 5.82 Å². The molecule has 0 aliphatic rings. The fraction of sp³-hybridized carbons (Fsp3) is 0.412. The zero-order valence-electron chi connectivity index (χ0n) is 13.1. The van der Waals surface area contributed by atoms with Crippen molar-refractivity contribution in [3.63, 3.8) is 0 Å². The highest BCUT2D eigenvalue weighted by Gasteiger charge is 2.05. The number of benzene rings is 1. The van der Waals surface area contributed by atoms with Gasteiger partial charge in [0.05, 0.1) is 0 Å². The van der Waals surface area contributed by atoms with Crippen LogP contribution in [-0.2, 0) is 6.42 Å². The van der Waals surface area contributed by atoms with Crippen LogP contribution in [0.4, 0.5) is 17.5 Å². The van der Waals surface area contributed by atoms with Crippen molar-refractivity contribution in [3.05, 3.63) is 41.6 Å². The molecule has 0 aliphatic heterocycles. The van der Waals surface area contributed by atoms with Gasteiger partial charge >= 0.3 is 0 Å². The molecule has 2 rings (SSSR count). The smallest absolute Gasteiger partial charge is 0.224 e. The van der Waals surface area contributed by atoms with Crippen molar-refractivity contribution >= 4 is 17.5 Å². The molecule has 0 saturated carbocycles. The average Bonchev–Trinajstić information content (AvgIpc) is 2.47. The van der Waals surface area contributed by atoms with E-state index in [0.717, 1.165) is 43.0 Å². The molecule has 1 aromatic heterocycles. The molecule has 21 heavy (non-hydrogen) atoms. The first-order valence-corrected chi connectivity index (χ1v) is 7.67. The second-order valence-electron chi connectivity index (χ2n) is 5.18. The van der Waals surface area contributed by atoms with E-state index in [4.69, 9.17) is 0 Å². The lowest BCUT2D eigenvalue weighted by atomic mass is 10.1. The van der Waals surface area contributed by atoms with Crippen molar-refractivity contribution in [2.24, 2.45) is 0 Å². The standard InChI is InChI=1S/C17H24N4/c1-4-8-14-9-6-7-10-15(14)20-16-12-13(3)19-17(21-16)18-11-5-2/h6-7,9-10,12H,4-5,8,11H2,1-3H3,(H2,18,19,20,21). The highest BCUT2D eigenvalue weighted by atomic mass is 15.1. The highest BCUT2D eigenvalue weighted by molar-refractivity contribution is 5.61. The Morgan fingerprint density at radius 3 is 2.62 bits per heavy atom. The number of aromatic nitrogens is 2. The SMILES string of the molecule is CCCNc1nc(C)cc(Nc2ccccc2CCC)n1. The van der Waals surface area contributed by atoms with Gasteiger partial charge in [-0.05, 0) is 31.4 Å². The van der Waals surface area contributed by atoms with Crippen LogP contribution in [0.5, 0.6) is 0 Å². The van der Waals surface area contributed by atoms with Crippen LogP contribution in [0.3, 0.4) is 0 Å². The van der Waals surface area contributed by atoms with Crippen molar-refractivity contribution in [2.45, 2.75) is 40.0 Å². The third-order valence-electron chi connectivity index (χ3n) is 3.19. The molecule has 0 bridgehead atoms. The van der Waals surface area contributed by atoms with Gasteiger partial charge in [0.2, 0.25) is 5.95 Å². The zero-order chi connectivity index (χ0) is 15.1. The summed E-state index contributed by atoms with van der Waals surface area (Å²) < 4.78 is 0. The largest absolute Gasteiger partial charge is 0.354 e. The summed E-state index contributed by atoms with van der Waals surface area (Å²) in [4.78, 5) is 8.94. The minimum Gasteiger partial charge on any atom is -0.354 e. The lowest BCUT2D eigenvalue weighted by molar-refractivity contribution is 0.922. The second-order valence-corrected chi connectivity index (χ2v) is 5.18. The van der Waals surface area contributed by atoms with Crippen LogP contribution in [0.1, 0.15) is 37.9 Å². The summed E-state index contributed by atoms with van der Waals surface area (Å²) in [7, 11) is 0. The maximum Gasteiger partial charge on any atom is 0.224 e.